The highest BCUT2D eigenvalue weighted by Gasteiger charge is 2.13. The van der Waals surface area contributed by atoms with Crippen LogP contribution in [0.15, 0.2) is 42.5 Å². The number of carbonyl (C=O) groups is 2. The van der Waals surface area contributed by atoms with Gasteiger partial charge in [-0.1, -0.05) is 23.7 Å². The molecule has 0 atom stereocenters. The van der Waals surface area contributed by atoms with Gasteiger partial charge in [0.25, 0.3) is 0 Å². The molecule has 0 radical (unpaired) electrons. The summed E-state index contributed by atoms with van der Waals surface area (Å²) in [6, 6.07) is 12.2. The smallest absolute Gasteiger partial charge is 0.337 e. The highest BCUT2D eigenvalue weighted by Crippen LogP contribution is 2.21. The Morgan fingerprint density at radius 3 is 2.38 bits per heavy atom. The van der Waals surface area contributed by atoms with Crippen LogP contribution in [-0.4, -0.2) is 31.1 Å². The van der Waals surface area contributed by atoms with Crippen LogP contribution in [0, 0.1) is 0 Å². The van der Waals surface area contributed by atoms with Crippen LogP contribution in [0.25, 0.3) is 0 Å². The van der Waals surface area contributed by atoms with E-state index in [0.717, 1.165) is 11.3 Å². The Morgan fingerprint density at radius 1 is 1.12 bits per heavy atom. The number of carboxylic acid groups (broad SMARTS) is 1. The van der Waals surface area contributed by atoms with Gasteiger partial charge in [-0.3, -0.25) is 4.79 Å². The second kappa shape index (κ2) is 7.84. The molecule has 0 saturated heterocycles. The molecule has 0 aliphatic carbocycles. The van der Waals surface area contributed by atoms with Gasteiger partial charge in [0, 0.05) is 31.2 Å². The van der Waals surface area contributed by atoms with Crippen LogP contribution in [0.4, 0.5) is 11.4 Å². The Labute approximate surface area is 145 Å². The van der Waals surface area contributed by atoms with Crippen molar-refractivity contribution in [3.05, 3.63) is 58.6 Å². The number of nitrogens with one attached hydrogen (secondary N) is 1. The van der Waals surface area contributed by atoms with Gasteiger partial charge in [-0.25, -0.2) is 4.79 Å². The van der Waals surface area contributed by atoms with Crippen molar-refractivity contribution in [2.45, 2.75) is 12.8 Å². The van der Waals surface area contributed by atoms with Gasteiger partial charge in [0.1, 0.15) is 0 Å². The maximum Gasteiger partial charge on any atom is 0.337 e. The summed E-state index contributed by atoms with van der Waals surface area (Å²) >= 11 is 5.87. The second-order valence-electron chi connectivity index (χ2n) is 5.60. The van der Waals surface area contributed by atoms with Crippen molar-refractivity contribution in [1.29, 1.82) is 0 Å². The van der Waals surface area contributed by atoms with Crippen molar-refractivity contribution in [2.24, 2.45) is 0 Å². The molecule has 2 N–H and O–H groups in total. The number of carbonyl (C=O) groups excluding carboxylic acids is 1. The van der Waals surface area contributed by atoms with Crippen molar-refractivity contribution in [3.8, 4) is 0 Å². The molecule has 2 aromatic rings. The van der Waals surface area contributed by atoms with Gasteiger partial charge in [-0.15, -0.1) is 0 Å². The van der Waals surface area contributed by atoms with Gasteiger partial charge in [0.05, 0.1) is 11.3 Å². The molecule has 5 nitrogen and oxygen atoms in total. The minimum Gasteiger partial charge on any atom is -0.478 e. The summed E-state index contributed by atoms with van der Waals surface area (Å²) in [7, 11) is 3.93. The fourth-order valence-electron chi connectivity index (χ4n) is 2.24. The SMILES string of the molecule is CN(C)c1ccc(CCC(=O)Nc2cc(Cl)ccc2C(=O)O)cc1. The molecule has 0 fully saturated rings. The van der Waals surface area contributed by atoms with E-state index in [-0.39, 0.29) is 23.6 Å². The number of hydrogen-bond acceptors (Lipinski definition) is 3. The Hall–Kier alpha value is -2.53. The Balaban J connectivity index is 1.99. The molecule has 2 rings (SSSR count). The lowest BCUT2D eigenvalue weighted by molar-refractivity contribution is -0.116. The molecule has 0 unspecified atom stereocenters. The largest absolute Gasteiger partial charge is 0.478 e. The molecule has 0 saturated carbocycles. The van der Waals surface area contributed by atoms with E-state index in [1.165, 1.54) is 18.2 Å². The third kappa shape index (κ3) is 4.73. The average molecular weight is 347 g/mol. The standard InChI is InChI=1S/C18H19ClN2O3/c1-21(2)14-7-3-12(4-8-14)5-10-17(22)20-16-11-13(19)6-9-15(16)18(23)24/h3-4,6-9,11H,5,10H2,1-2H3,(H,20,22)(H,23,24). The molecule has 0 spiro atoms. The summed E-state index contributed by atoms with van der Waals surface area (Å²) in [5, 5.41) is 12.1. The van der Waals surface area contributed by atoms with E-state index >= 15 is 0 Å². The predicted molar refractivity (Wildman–Crippen MR) is 96.1 cm³/mol. The van der Waals surface area contributed by atoms with Gasteiger partial charge >= 0.3 is 5.97 Å². The first kappa shape index (κ1) is 17.8. The normalized spacial score (nSPS) is 10.3. The summed E-state index contributed by atoms with van der Waals surface area (Å²) in [6.07, 6.45) is 0.829. The Bertz CT molecular complexity index is 742. The zero-order chi connectivity index (χ0) is 17.7. The van der Waals surface area contributed by atoms with E-state index in [4.69, 9.17) is 16.7 Å². The minimum atomic E-state index is -1.11. The number of amides is 1. The average Bonchev–Trinajstić information content (AvgIpc) is 2.53. The highest BCUT2D eigenvalue weighted by molar-refractivity contribution is 6.31. The maximum atomic E-state index is 12.1. The quantitative estimate of drug-likeness (QED) is 0.837. The molecule has 0 bridgehead atoms. The van der Waals surface area contributed by atoms with Crippen LogP contribution in [-0.2, 0) is 11.2 Å². The molecule has 1 amide bonds. The summed E-state index contributed by atoms with van der Waals surface area (Å²) in [5.74, 6) is -1.36. The molecule has 0 aliphatic heterocycles. The number of nitrogens with zero attached hydrogens (tertiary/aromatic N) is 1. The fourth-order valence-corrected chi connectivity index (χ4v) is 2.41. The van der Waals surface area contributed by atoms with E-state index in [9.17, 15) is 9.59 Å². The molecular weight excluding hydrogens is 328 g/mol. The van der Waals surface area contributed by atoms with Gasteiger partial charge in [-0.2, -0.15) is 0 Å². The minimum absolute atomic E-state index is 0.0167. The third-order valence-corrected chi connectivity index (χ3v) is 3.81. The van der Waals surface area contributed by atoms with Crippen LogP contribution in [0.2, 0.25) is 5.02 Å². The molecular formula is C18H19ClN2O3. The van der Waals surface area contributed by atoms with Gasteiger partial charge in [0.2, 0.25) is 5.91 Å². The van der Waals surface area contributed by atoms with Gasteiger partial charge < -0.3 is 15.3 Å². The zero-order valence-electron chi connectivity index (χ0n) is 13.5. The maximum absolute atomic E-state index is 12.1. The van der Waals surface area contributed by atoms with Crippen molar-refractivity contribution < 1.29 is 14.7 Å². The van der Waals surface area contributed by atoms with E-state index < -0.39 is 5.97 Å². The summed E-state index contributed by atoms with van der Waals surface area (Å²) in [6.45, 7) is 0. The molecule has 126 valence electrons. The molecule has 0 aromatic heterocycles. The van der Waals surface area contributed by atoms with Gasteiger partial charge in [0.15, 0.2) is 0 Å². The summed E-state index contributed by atoms with van der Waals surface area (Å²) in [4.78, 5) is 25.3. The van der Waals surface area contributed by atoms with Crippen molar-refractivity contribution in [3.63, 3.8) is 0 Å². The van der Waals surface area contributed by atoms with Crippen molar-refractivity contribution >= 4 is 34.9 Å². The number of carboxylic acids is 1. The van der Waals surface area contributed by atoms with Gasteiger partial charge in [-0.05, 0) is 42.3 Å². The van der Waals surface area contributed by atoms with E-state index in [1.54, 1.807) is 0 Å². The number of halogens is 1. The van der Waals surface area contributed by atoms with E-state index in [2.05, 4.69) is 5.32 Å². The Kier molecular flexibility index (Phi) is 5.82. The topological polar surface area (TPSA) is 69.6 Å². The first-order valence-corrected chi connectivity index (χ1v) is 7.83. The lowest BCUT2D eigenvalue weighted by Crippen LogP contribution is -2.15. The fraction of sp³-hybridized carbons (Fsp3) is 0.222. The van der Waals surface area contributed by atoms with Crippen LogP contribution < -0.4 is 10.2 Å². The first-order valence-electron chi connectivity index (χ1n) is 7.46. The number of aromatic carboxylic acids is 1. The van der Waals surface area contributed by atoms with E-state index in [0.29, 0.717) is 11.4 Å². The summed E-state index contributed by atoms with van der Waals surface area (Å²) < 4.78 is 0. The van der Waals surface area contributed by atoms with Crippen molar-refractivity contribution in [2.75, 3.05) is 24.3 Å². The number of hydrogen-bond donors (Lipinski definition) is 2. The molecule has 0 heterocycles. The second-order valence-corrected chi connectivity index (χ2v) is 6.04. The molecule has 2 aromatic carbocycles. The van der Waals surface area contributed by atoms with Crippen LogP contribution in [0.1, 0.15) is 22.3 Å². The monoisotopic (exact) mass is 346 g/mol. The number of rotatable bonds is 6. The number of aryl methyl sites for hydroxylation is 1. The van der Waals surface area contributed by atoms with Crippen LogP contribution in [0.3, 0.4) is 0 Å². The van der Waals surface area contributed by atoms with Crippen LogP contribution in [0.5, 0.6) is 0 Å². The van der Waals surface area contributed by atoms with Crippen LogP contribution >= 0.6 is 11.6 Å². The third-order valence-electron chi connectivity index (χ3n) is 3.58. The first-order chi connectivity index (χ1) is 11.4. The lowest BCUT2D eigenvalue weighted by Gasteiger charge is -2.13. The molecule has 6 heteroatoms. The van der Waals surface area contributed by atoms with E-state index in [1.807, 2.05) is 43.3 Å². The Morgan fingerprint density at radius 2 is 1.79 bits per heavy atom. The summed E-state index contributed by atoms with van der Waals surface area (Å²) in [5.41, 5.74) is 2.36. The van der Waals surface area contributed by atoms with Crippen molar-refractivity contribution in [1.82, 2.24) is 0 Å². The zero-order valence-corrected chi connectivity index (χ0v) is 14.3. The number of benzene rings is 2. The highest BCUT2D eigenvalue weighted by atomic mass is 35.5. The number of anilines is 2. The predicted octanol–water partition coefficient (Wildman–Crippen LogP) is 3.68. The lowest BCUT2D eigenvalue weighted by atomic mass is 10.1. The molecule has 0 aliphatic rings. The molecule has 24 heavy (non-hydrogen) atoms.